The molecule has 0 aliphatic carbocycles. The van der Waals surface area contributed by atoms with E-state index in [0.29, 0.717) is 12.0 Å². The molecule has 6 nitrogen and oxygen atoms in total. The van der Waals surface area contributed by atoms with Crippen LogP contribution >= 0.6 is 0 Å². The molecule has 1 N–H and O–H groups in total. The van der Waals surface area contributed by atoms with Gasteiger partial charge in [-0.3, -0.25) is 10.00 Å². The first kappa shape index (κ1) is 14.2. The maximum Gasteiger partial charge on any atom is 0.410 e. The van der Waals surface area contributed by atoms with Crippen LogP contribution in [0.3, 0.4) is 0 Å². The van der Waals surface area contributed by atoms with Gasteiger partial charge in [-0.2, -0.15) is 5.10 Å². The highest BCUT2D eigenvalue weighted by atomic mass is 16.6. The van der Waals surface area contributed by atoms with Gasteiger partial charge in [-0.15, -0.1) is 0 Å². The van der Waals surface area contributed by atoms with Crippen LogP contribution in [0.1, 0.15) is 38.2 Å². The number of ether oxygens (including phenoxy) is 1. The third-order valence-corrected chi connectivity index (χ3v) is 2.26. The first-order valence-electron chi connectivity index (χ1n) is 5.67. The molecule has 1 heterocycles. The summed E-state index contributed by atoms with van der Waals surface area (Å²) in [5.74, 6) is 0. The molecule has 0 aromatic carbocycles. The molecule has 18 heavy (non-hydrogen) atoms. The summed E-state index contributed by atoms with van der Waals surface area (Å²) in [5, 5.41) is 6.72. The van der Waals surface area contributed by atoms with E-state index in [9.17, 15) is 9.59 Å². The fraction of sp³-hybridized carbons (Fsp3) is 0.583. The Labute approximate surface area is 106 Å². The zero-order chi connectivity index (χ0) is 13.9. The van der Waals surface area contributed by atoms with Crippen molar-refractivity contribution in [2.45, 2.75) is 39.3 Å². The van der Waals surface area contributed by atoms with Gasteiger partial charge in [0.1, 0.15) is 17.9 Å². The molecule has 6 heteroatoms. The van der Waals surface area contributed by atoms with Gasteiger partial charge in [0.05, 0.1) is 5.69 Å². The van der Waals surface area contributed by atoms with Crippen LogP contribution in [0.15, 0.2) is 6.07 Å². The molecule has 0 saturated carbocycles. The molecular weight excluding hydrogens is 234 g/mol. The monoisotopic (exact) mass is 253 g/mol. The van der Waals surface area contributed by atoms with Crippen LogP contribution < -0.4 is 0 Å². The summed E-state index contributed by atoms with van der Waals surface area (Å²) in [6, 6.07) is 0.977. The molecule has 1 aromatic rings. The highest BCUT2D eigenvalue weighted by molar-refractivity contribution is 5.74. The zero-order valence-electron chi connectivity index (χ0n) is 11.4. The molecule has 1 amide bonds. The Morgan fingerprint density at radius 3 is 2.56 bits per heavy atom. The van der Waals surface area contributed by atoms with Gasteiger partial charge in [0.15, 0.2) is 0 Å². The summed E-state index contributed by atoms with van der Waals surface area (Å²) in [4.78, 5) is 24.2. The van der Waals surface area contributed by atoms with Gasteiger partial charge in [-0.1, -0.05) is 0 Å². The molecule has 0 fully saturated rings. The van der Waals surface area contributed by atoms with Gasteiger partial charge in [0.2, 0.25) is 0 Å². The SMILES string of the molecule is Cc1cc(C(C=O)N(C)C(=O)OC(C)(C)C)n[nH]1. The minimum Gasteiger partial charge on any atom is -0.444 e. The second-order valence-corrected chi connectivity index (χ2v) is 5.15. The van der Waals surface area contributed by atoms with Crippen molar-refractivity contribution in [1.29, 1.82) is 0 Å². The lowest BCUT2D eigenvalue weighted by Gasteiger charge is -2.27. The van der Waals surface area contributed by atoms with Crippen LogP contribution in [0.5, 0.6) is 0 Å². The lowest BCUT2D eigenvalue weighted by Crippen LogP contribution is -2.37. The van der Waals surface area contributed by atoms with E-state index in [1.165, 1.54) is 11.9 Å². The number of hydrogen-bond donors (Lipinski definition) is 1. The minimum atomic E-state index is -0.746. The molecule has 1 unspecified atom stereocenters. The number of aryl methyl sites for hydroxylation is 1. The lowest BCUT2D eigenvalue weighted by atomic mass is 10.2. The van der Waals surface area contributed by atoms with Gasteiger partial charge in [-0.25, -0.2) is 4.79 Å². The standard InChI is InChI=1S/C12H19N3O3/c1-8-6-9(14-13-8)10(7-16)15(5)11(17)18-12(2,3)4/h6-7,10H,1-5H3,(H,13,14). The fourth-order valence-corrected chi connectivity index (χ4v) is 1.40. The first-order chi connectivity index (χ1) is 8.24. The Morgan fingerprint density at radius 2 is 2.17 bits per heavy atom. The van der Waals surface area contributed by atoms with Gasteiger partial charge < -0.3 is 9.53 Å². The van der Waals surface area contributed by atoms with Gasteiger partial charge in [0.25, 0.3) is 0 Å². The second-order valence-electron chi connectivity index (χ2n) is 5.15. The van der Waals surface area contributed by atoms with Crippen molar-refractivity contribution in [2.75, 3.05) is 7.05 Å². The van der Waals surface area contributed by atoms with E-state index in [-0.39, 0.29) is 0 Å². The predicted molar refractivity (Wildman–Crippen MR) is 66.1 cm³/mol. The largest absolute Gasteiger partial charge is 0.444 e. The lowest BCUT2D eigenvalue weighted by molar-refractivity contribution is -0.112. The number of aromatic amines is 1. The van der Waals surface area contributed by atoms with E-state index in [4.69, 9.17) is 4.74 Å². The van der Waals surface area contributed by atoms with Gasteiger partial charge in [0, 0.05) is 12.7 Å². The van der Waals surface area contributed by atoms with Crippen molar-refractivity contribution in [2.24, 2.45) is 0 Å². The maximum absolute atomic E-state index is 11.8. The Balaban J connectivity index is 2.83. The predicted octanol–water partition coefficient (Wildman–Crippen LogP) is 1.83. The number of likely N-dealkylation sites (N-methyl/N-ethyl adjacent to an activating group) is 1. The molecule has 1 atom stereocenters. The molecule has 0 saturated heterocycles. The third-order valence-electron chi connectivity index (χ3n) is 2.26. The van der Waals surface area contributed by atoms with Crippen molar-refractivity contribution in [3.05, 3.63) is 17.5 Å². The molecule has 0 radical (unpaired) electrons. The fourth-order valence-electron chi connectivity index (χ4n) is 1.40. The Kier molecular flexibility index (Phi) is 4.11. The van der Waals surface area contributed by atoms with Crippen LogP contribution in [-0.4, -0.2) is 40.1 Å². The zero-order valence-corrected chi connectivity index (χ0v) is 11.4. The number of aromatic nitrogens is 2. The molecule has 0 bridgehead atoms. The Morgan fingerprint density at radius 1 is 1.56 bits per heavy atom. The van der Waals surface area contributed by atoms with Crippen LogP contribution in [0.4, 0.5) is 4.79 Å². The van der Waals surface area contributed by atoms with Crippen molar-refractivity contribution in [3.63, 3.8) is 0 Å². The number of rotatable bonds is 3. The average molecular weight is 253 g/mol. The number of nitrogens with one attached hydrogen (secondary N) is 1. The maximum atomic E-state index is 11.8. The van der Waals surface area contributed by atoms with Gasteiger partial charge in [-0.05, 0) is 33.8 Å². The molecule has 0 spiro atoms. The van der Waals surface area contributed by atoms with E-state index in [0.717, 1.165) is 5.69 Å². The minimum absolute atomic E-state index is 0.496. The number of aldehydes is 1. The van der Waals surface area contributed by atoms with E-state index < -0.39 is 17.7 Å². The van der Waals surface area contributed by atoms with E-state index in [1.54, 1.807) is 26.8 Å². The van der Waals surface area contributed by atoms with Crippen LogP contribution in [-0.2, 0) is 9.53 Å². The van der Waals surface area contributed by atoms with Crippen LogP contribution in [0.25, 0.3) is 0 Å². The summed E-state index contributed by atoms with van der Waals surface area (Å²) in [7, 11) is 1.51. The number of H-pyrrole nitrogens is 1. The number of carbonyl (C=O) groups is 2. The van der Waals surface area contributed by atoms with Gasteiger partial charge >= 0.3 is 6.09 Å². The highest BCUT2D eigenvalue weighted by Gasteiger charge is 2.27. The summed E-state index contributed by atoms with van der Waals surface area (Å²) in [6.45, 7) is 7.14. The quantitative estimate of drug-likeness (QED) is 0.834. The summed E-state index contributed by atoms with van der Waals surface area (Å²) < 4.78 is 5.20. The van der Waals surface area contributed by atoms with Crippen molar-refractivity contribution in [1.82, 2.24) is 15.1 Å². The third kappa shape index (κ3) is 3.58. The summed E-state index contributed by atoms with van der Waals surface area (Å²) in [6.07, 6.45) is 0.111. The highest BCUT2D eigenvalue weighted by Crippen LogP contribution is 2.18. The van der Waals surface area contributed by atoms with E-state index in [1.807, 2.05) is 6.92 Å². The smallest absolute Gasteiger partial charge is 0.410 e. The van der Waals surface area contributed by atoms with Crippen molar-refractivity contribution in [3.8, 4) is 0 Å². The Hall–Kier alpha value is -1.85. The summed E-state index contributed by atoms with van der Waals surface area (Å²) in [5.41, 5.74) is 0.727. The topological polar surface area (TPSA) is 75.3 Å². The van der Waals surface area contributed by atoms with E-state index in [2.05, 4.69) is 10.2 Å². The van der Waals surface area contributed by atoms with Crippen LogP contribution in [0, 0.1) is 6.92 Å². The van der Waals surface area contributed by atoms with E-state index >= 15 is 0 Å². The molecule has 100 valence electrons. The Bertz CT molecular complexity index is 434. The van der Waals surface area contributed by atoms with Crippen molar-refractivity contribution >= 4 is 12.4 Å². The molecule has 0 aliphatic heterocycles. The number of carbonyl (C=O) groups excluding carboxylic acids is 2. The molecule has 0 aliphatic rings. The number of amides is 1. The molecule has 1 rings (SSSR count). The average Bonchev–Trinajstić information content (AvgIpc) is 2.63. The normalized spacial score (nSPS) is 12.9. The second kappa shape index (κ2) is 5.20. The number of nitrogens with zero attached hydrogens (tertiary/aromatic N) is 2. The molecular formula is C12H19N3O3. The summed E-state index contributed by atoms with van der Waals surface area (Å²) >= 11 is 0. The van der Waals surface area contributed by atoms with Crippen molar-refractivity contribution < 1.29 is 14.3 Å². The van der Waals surface area contributed by atoms with Crippen LogP contribution in [0.2, 0.25) is 0 Å². The molecule has 1 aromatic heterocycles. The number of hydrogen-bond acceptors (Lipinski definition) is 4. The first-order valence-corrected chi connectivity index (χ1v) is 5.67.